The summed E-state index contributed by atoms with van der Waals surface area (Å²) in [6, 6.07) is 10.1. The smallest absolute Gasteiger partial charge is 0.258 e. The Kier molecular flexibility index (Phi) is 5.73. The summed E-state index contributed by atoms with van der Waals surface area (Å²) in [5.41, 5.74) is 2.10. The second-order valence-electron chi connectivity index (χ2n) is 6.80. The molecule has 7 heteroatoms. The zero-order valence-corrected chi connectivity index (χ0v) is 15.8. The Morgan fingerprint density at radius 3 is 2.64 bits per heavy atom. The number of nitrogens with zero attached hydrogens (tertiary/aromatic N) is 1. The van der Waals surface area contributed by atoms with E-state index >= 15 is 0 Å². The molecule has 0 atom stereocenters. The average molecular weight is 385 g/mol. The van der Waals surface area contributed by atoms with Gasteiger partial charge in [0.2, 0.25) is 0 Å². The SMILES string of the molecule is COc1ccccc1-c1n[nH]c(CC(C)C)c1NC(=O)c1ccc(F)cc1F. The molecule has 0 bridgehead atoms. The van der Waals surface area contributed by atoms with Crippen molar-refractivity contribution in [3.05, 3.63) is 65.4 Å². The molecule has 0 saturated carbocycles. The fraction of sp³-hybridized carbons (Fsp3) is 0.238. The Morgan fingerprint density at radius 2 is 1.96 bits per heavy atom. The van der Waals surface area contributed by atoms with Crippen LogP contribution in [-0.4, -0.2) is 23.2 Å². The van der Waals surface area contributed by atoms with E-state index in [2.05, 4.69) is 15.5 Å². The van der Waals surface area contributed by atoms with Crippen molar-refractivity contribution in [3.63, 3.8) is 0 Å². The molecule has 146 valence electrons. The van der Waals surface area contributed by atoms with E-state index in [4.69, 9.17) is 4.74 Å². The van der Waals surface area contributed by atoms with E-state index in [9.17, 15) is 13.6 Å². The second kappa shape index (κ2) is 8.21. The van der Waals surface area contributed by atoms with Gasteiger partial charge in [0.25, 0.3) is 5.91 Å². The fourth-order valence-corrected chi connectivity index (χ4v) is 2.96. The molecule has 1 amide bonds. The Hall–Kier alpha value is -3.22. The quantitative estimate of drug-likeness (QED) is 0.640. The summed E-state index contributed by atoms with van der Waals surface area (Å²) in [6.07, 6.45) is 0.629. The lowest BCUT2D eigenvalue weighted by Gasteiger charge is -2.12. The molecular weight excluding hydrogens is 364 g/mol. The third kappa shape index (κ3) is 4.03. The van der Waals surface area contributed by atoms with Gasteiger partial charge in [-0.05, 0) is 36.6 Å². The number of nitrogens with one attached hydrogen (secondary N) is 2. The summed E-state index contributed by atoms with van der Waals surface area (Å²) in [7, 11) is 1.55. The first-order chi connectivity index (χ1) is 13.4. The van der Waals surface area contributed by atoms with E-state index in [1.54, 1.807) is 13.2 Å². The number of anilines is 1. The molecule has 5 nitrogen and oxygen atoms in total. The van der Waals surface area contributed by atoms with Gasteiger partial charge in [0, 0.05) is 11.6 Å². The first-order valence-electron chi connectivity index (χ1n) is 8.87. The highest BCUT2D eigenvalue weighted by molar-refractivity contribution is 6.06. The number of amides is 1. The van der Waals surface area contributed by atoms with E-state index in [0.29, 0.717) is 46.8 Å². The highest BCUT2D eigenvalue weighted by Crippen LogP contribution is 2.36. The van der Waals surface area contributed by atoms with Crippen molar-refractivity contribution < 1.29 is 18.3 Å². The Balaban J connectivity index is 2.04. The number of carbonyl (C=O) groups excluding carboxylic acids is 1. The number of ether oxygens (including phenoxy) is 1. The van der Waals surface area contributed by atoms with E-state index < -0.39 is 17.5 Å². The lowest BCUT2D eigenvalue weighted by molar-refractivity contribution is 0.102. The second-order valence-corrected chi connectivity index (χ2v) is 6.80. The molecule has 0 aliphatic carbocycles. The number of benzene rings is 2. The maximum atomic E-state index is 14.0. The van der Waals surface area contributed by atoms with E-state index in [0.717, 1.165) is 12.1 Å². The third-order valence-corrected chi connectivity index (χ3v) is 4.23. The minimum absolute atomic E-state index is 0.246. The van der Waals surface area contributed by atoms with Gasteiger partial charge in [0.15, 0.2) is 0 Å². The van der Waals surface area contributed by atoms with Crippen molar-refractivity contribution >= 4 is 11.6 Å². The fourth-order valence-electron chi connectivity index (χ4n) is 2.96. The van der Waals surface area contributed by atoms with E-state index in [-0.39, 0.29) is 5.56 Å². The topological polar surface area (TPSA) is 67.0 Å². The minimum atomic E-state index is -0.926. The van der Waals surface area contributed by atoms with Crippen LogP contribution in [0.2, 0.25) is 0 Å². The van der Waals surface area contributed by atoms with Gasteiger partial charge in [0.05, 0.1) is 24.1 Å². The summed E-state index contributed by atoms with van der Waals surface area (Å²) < 4.78 is 32.6. The molecule has 0 saturated heterocycles. The Morgan fingerprint density at radius 1 is 1.21 bits per heavy atom. The molecule has 1 heterocycles. The van der Waals surface area contributed by atoms with Gasteiger partial charge in [-0.15, -0.1) is 0 Å². The van der Waals surface area contributed by atoms with Crippen LogP contribution in [0.25, 0.3) is 11.3 Å². The van der Waals surface area contributed by atoms with E-state index in [1.807, 2.05) is 32.0 Å². The van der Waals surface area contributed by atoms with Crippen LogP contribution < -0.4 is 10.1 Å². The van der Waals surface area contributed by atoms with Crippen LogP contribution in [0.5, 0.6) is 5.75 Å². The van der Waals surface area contributed by atoms with Crippen LogP contribution >= 0.6 is 0 Å². The Bertz CT molecular complexity index is 999. The first kappa shape index (κ1) is 19.5. The maximum Gasteiger partial charge on any atom is 0.258 e. The molecule has 0 radical (unpaired) electrons. The number of methoxy groups -OCH3 is 1. The number of aromatic nitrogens is 2. The van der Waals surface area contributed by atoms with Crippen molar-refractivity contribution in [1.29, 1.82) is 0 Å². The number of H-pyrrole nitrogens is 1. The number of aromatic amines is 1. The van der Waals surface area contributed by atoms with Crippen LogP contribution in [0.3, 0.4) is 0 Å². The van der Waals surface area contributed by atoms with Crippen molar-refractivity contribution in [2.45, 2.75) is 20.3 Å². The minimum Gasteiger partial charge on any atom is -0.496 e. The summed E-state index contributed by atoms with van der Waals surface area (Å²) >= 11 is 0. The molecular formula is C21H21F2N3O2. The van der Waals surface area contributed by atoms with Crippen LogP contribution in [0.4, 0.5) is 14.5 Å². The molecule has 0 fully saturated rings. The molecule has 28 heavy (non-hydrogen) atoms. The third-order valence-electron chi connectivity index (χ3n) is 4.23. The largest absolute Gasteiger partial charge is 0.496 e. The molecule has 2 N–H and O–H groups in total. The molecule has 0 aliphatic rings. The zero-order valence-electron chi connectivity index (χ0n) is 15.8. The van der Waals surface area contributed by atoms with Crippen molar-refractivity contribution in [2.75, 3.05) is 12.4 Å². The van der Waals surface area contributed by atoms with Gasteiger partial charge >= 0.3 is 0 Å². The van der Waals surface area contributed by atoms with Crippen LogP contribution in [-0.2, 0) is 6.42 Å². The van der Waals surface area contributed by atoms with Crippen LogP contribution in [0.15, 0.2) is 42.5 Å². The number of hydrogen-bond donors (Lipinski definition) is 2. The molecule has 0 spiro atoms. The van der Waals surface area contributed by atoms with Crippen LogP contribution in [0.1, 0.15) is 29.9 Å². The summed E-state index contributed by atoms with van der Waals surface area (Å²) in [6.45, 7) is 4.07. The predicted octanol–water partition coefficient (Wildman–Crippen LogP) is 4.81. The van der Waals surface area contributed by atoms with Gasteiger partial charge in [0.1, 0.15) is 23.1 Å². The molecule has 2 aromatic carbocycles. The molecule has 0 aliphatic heterocycles. The van der Waals surface area contributed by atoms with Crippen LogP contribution in [0, 0.1) is 17.6 Å². The lowest BCUT2D eigenvalue weighted by Crippen LogP contribution is -2.15. The number of halogens is 2. The van der Waals surface area contributed by atoms with E-state index in [1.165, 1.54) is 0 Å². The first-order valence-corrected chi connectivity index (χ1v) is 8.87. The highest BCUT2D eigenvalue weighted by Gasteiger charge is 2.22. The van der Waals surface area contributed by atoms with Gasteiger partial charge < -0.3 is 10.1 Å². The molecule has 0 unspecified atom stereocenters. The maximum absolute atomic E-state index is 14.0. The van der Waals surface area contributed by atoms with Crippen molar-refractivity contribution in [3.8, 4) is 17.0 Å². The average Bonchev–Trinajstić information content (AvgIpc) is 3.03. The molecule has 3 aromatic rings. The number of hydrogen-bond acceptors (Lipinski definition) is 3. The van der Waals surface area contributed by atoms with Gasteiger partial charge in [-0.2, -0.15) is 5.10 Å². The van der Waals surface area contributed by atoms with Gasteiger partial charge in [-0.3, -0.25) is 9.89 Å². The predicted molar refractivity (Wildman–Crippen MR) is 103 cm³/mol. The zero-order chi connectivity index (χ0) is 20.3. The van der Waals surface area contributed by atoms with Gasteiger partial charge in [-0.25, -0.2) is 8.78 Å². The number of carbonyl (C=O) groups is 1. The Labute approximate surface area is 161 Å². The monoisotopic (exact) mass is 385 g/mol. The number of rotatable bonds is 6. The summed E-state index contributed by atoms with van der Waals surface area (Å²) in [5, 5.41) is 10.1. The van der Waals surface area contributed by atoms with Crippen molar-refractivity contribution in [2.24, 2.45) is 5.92 Å². The normalized spacial score (nSPS) is 10.9. The summed E-state index contributed by atoms with van der Waals surface area (Å²) in [5.74, 6) is -1.46. The van der Waals surface area contributed by atoms with Crippen molar-refractivity contribution in [1.82, 2.24) is 10.2 Å². The molecule has 3 rings (SSSR count). The number of para-hydroxylation sites is 1. The summed E-state index contributed by atoms with van der Waals surface area (Å²) in [4.78, 5) is 12.7. The highest BCUT2D eigenvalue weighted by atomic mass is 19.1. The standard InChI is InChI=1S/C21H21F2N3O2/c1-12(2)10-17-20(24-21(27)14-9-8-13(22)11-16(14)23)19(26-25-17)15-6-4-5-7-18(15)28-3/h4-9,11-12H,10H2,1-3H3,(H,24,27)(H,25,26). The molecule has 1 aromatic heterocycles. The van der Waals surface area contributed by atoms with Gasteiger partial charge in [-0.1, -0.05) is 26.0 Å². The lowest BCUT2D eigenvalue weighted by atomic mass is 10.0.